The maximum atomic E-state index is 11.9. The van der Waals surface area contributed by atoms with Crippen LogP contribution >= 0.6 is 45.7 Å². The molecule has 17 heavy (non-hydrogen) atoms. The summed E-state index contributed by atoms with van der Waals surface area (Å²) in [5.41, 5.74) is 0. The van der Waals surface area contributed by atoms with E-state index < -0.39 is 0 Å². The Kier molecular flexibility index (Phi) is 2.95. The molecule has 0 saturated carbocycles. The molecule has 0 fully saturated rings. The lowest BCUT2D eigenvalue weighted by Gasteiger charge is -2.01. The van der Waals surface area contributed by atoms with Gasteiger partial charge in [-0.2, -0.15) is 0 Å². The number of hydrogen-bond donors (Lipinski definition) is 2. The van der Waals surface area contributed by atoms with Crippen LogP contribution in [0.1, 0.15) is 9.67 Å². The summed E-state index contributed by atoms with van der Waals surface area (Å²) in [7, 11) is 0. The van der Waals surface area contributed by atoms with Crippen LogP contribution in [0.2, 0.25) is 0 Å². The van der Waals surface area contributed by atoms with E-state index in [4.69, 9.17) is 0 Å². The van der Waals surface area contributed by atoms with Gasteiger partial charge >= 0.3 is 0 Å². The van der Waals surface area contributed by atoms with Crippen molar-refractivity contribution in [3.05, 3.63) is 20.6 Å². The third kappa shape index (κ3) is 1.82. The molecule has 3 nitrogen and oxygen atoms in total. The van der Waals surface area contributed by atoms with E-state index in [1.54, 1.807) is 17.8 Å². The van der Waals surface area contributed by atoms with E-state index in [2.05, 4.69) is 27.9 Å². The molecule has 1 amide bonds. The van der Waals surface area contributed by atoms with Gasteiger partial charge in [-0.15, -0.1) is 23.1 Å². The average Bonchev–Trinajstić information content (AvgIpc) is 2.60. The highest BCUT2D eigenvalue weighted by atomic mass is 127. The lowest BCUT2D eigenvalue weighted by Crippen LogP contribution is -2.22. The van der Waals surface area contributed by atoms with Crippen molar-refractivity contribution in [2.45, 2.75) is 4.90 Å². The van der Waals surface area contributed by atoms with E-state index in [0.29, 0.717) is 6.54 Å². The number of benzene rings is 1. The number of halogens is 1. The van der Waals surface area contributed by atoms with Crippen molar-refractivity contribution in [1.82, 2.24) is 5.32 Å². The fraction of sp³-hybridized carbons (Fsp3) is 0.182. The topological polar surface area (TPSA) is 49.3 Å². The van der Waals surface area contributed by atoms with Gasteiger partial charge < -0.3 is 10.4 Å². The molecule has 0 bridgehead atoms. The minimum Gasteiger partial charge on any atom is -0.507 e. The summed E-state index contributed by atoms with van der Waals surface area (Å²) in [6.45, 7) is 0.696. The fourth-order valence-electron chi connectivity index (χ4n) is 1.80. The lowest BCUT2D eigenvalue weighted by molar-refractivity contribution is 0.0959. The Morgan fingerprint density at radius 3 is 3.06 bits per heavy atom. The van der Waals surface area contributed by atoms with Crippen molar-refractivity contribution in [2.24, 2.45) is 0 Å². The van der Waals surface area contributed by atoms with Gasteiger partial charge in [-0.1, -0.05) is 0 Å². The third-order valence-electron chi connectivity index (χ3n) is 2.57. The SMILES string of the molecule is O=C1NCCSc2c1sc1ccc(O)c(I)c21. The van der Waals surface area contributed by atoms with Gasteiger partial charge in [0.25, 0.3) is 5.91 Å². The van der Waals surface area contributed by atoms with Crippen molar-refractivity contribution in [3.8, 4) is 5.75 Å². The zero-order chi connectivity index (χ0) is 12.0. The summed E-state index contributed by atoms with van der Waals surface area (Å²) in [6, 6.07) is 3.56. The van der Waals surface area contributed by atoms with E-state index in [1.165, 1.54) is 11.3 Å². The molecule has 2 N–H and O–H groups in total. The summed E-state index contributed by atoms with van der Waals surface area (Å²) in [5.74, 6) is 1.15. The second-order valence-electron chi connectivity index (χ2n) is 3.64. The molecule has 3 rings (SSSR count). The largest absolute Gasteiger partial charge is 0.507 e. The number of thioether (sulfide) groups is 1. The molecule has 0 radical (unpaired) electrons. The first-order valence-corrected chi connectivity index (χ1v) is 7.91. The van der Waals surface area contributed by atoms with Crippen molar-refractivity contribution < 1.29 is 9.90 Å². The van der Waals surface area contributed by atoms with Crippen LogP contribution in [0.4, 0.5) is 0 Å². The monoisotopic (exact) mass is 377 g/mol. The van der Waals surface area contributed by atoms with Crippen LogP contribution in [0.25, 0.3) is 10.1 Å². The van der Waals surface area contributed by atoms with Crippen molar-refractivity contribution in [1.29, 1.82) is 0 Å². The summed E-state index contributed by atoms with van der Waals surface area (Å²) >= 11 is 5.32. The predicted octanol–water partition coefficient (Wildman–Crippen LogP) is 3.05. The Bertz CT molecular complexity index is 623. The summed E-state index contributed by atoms with van der Waals surface area (Å²) in [4.78, 5) is 13.7. The Morgan fingerprint density at radius 2 is 2.24 bits per heavy atom. The minimum absolute atomic E-state index is 0.00138. The summed E-state index contributed by atoms with van der Waals surface area (Å²) < 4.78 is 1.89. The maximum absolute atomic E-state index is 11.9. The fourth-order valence-corrected chi connectivity index (χ4v) is 5.28. The van der Waals surface area contributed by atoms with Gasteiger partial charge in [0.15, 0.2) is 0 Å². The van der Waals surface area contributed by atoms with E-state index >= 15 is 0 Å². The highest BCUT2D eigenvalue weighted by Gasteiger charge is 2.23. The number of hydrogen-bond acceptors (Lipinski definition) is 4. The Balaban J connectivity index is 2.36. The number of aromatic hydroxyl groups is 1. The third-order valence-corrected chi connectivity index (χ3v) is 6.05. The number of phenols is 1. The number of thiophene rings is 1. The van der Waals surface area contributed by atoms with Crippen molar-refractivity contribution >= 4 is 61.7 Å². The first-order valence-electron chi connectivity index (χ1n) is 5.03. The number of nitrogens with one attached hydrogen (secondary N) is 1. The molecule has 6 heteroatoms. The maximum Gasteiger partial charge on any atom is 0.262 e. The number of amides is 1. The predicted molar refractivity (Wildman–Crippen MR) is 79.3 cm³/mol. The van der Waals surface area contributed by atoms with Gasteiger partial charge in [0, 0.05) is 27.3 Å². The summed E-state index contributed by atoms with van der Waals surface area (Å²) in [5, 5.41) is 13.7. The molecule has 1 aliphatic rings. The molecule has 88 valence electrons. The van der Waals surface area contributed by atoms with Gasteiger partial charge in [-0.05, 0) is 34.7 Å². The second-order valence-corrected chi connectivity index (χ2v) is 6.87. The Morgan fingerprint density at radius 1 is 1.41 bits per heavy atom. The Labute approximate surface area is 120 Å². The van der Waals surface area contributed by atoms with Gasteiger partial charge in [-0.25, -0.2) is 0 Å². The van der Waals surface area contributed by atoms with Crippen LogP contribution in [0.5, 0.6) is 5.75 Å². The van der Waals surface area contributed by atoms with Crippen LogP contribution in [-0.2, 0) is 0 Å². The minimum atomic E-state index is 0.00138. The number of phenolic OH excluding ortho intramolecular Hbond substituents is 1. The standard InChI is InChI=1S/C11H8INO2S2/c12-8-5(14)1-2-6-7(8)9-10(17-6)11(15)13-3-4-16-9/h1-2,14H,3-4H2,(H,13,15). The molecule has 1 aromatic heterocycles. The molecule has 0 aliphatic carbocycles. The van der Waals surface area contributed by atoms with Gasteiger partial charge in [0.1, 0.15) is 10.6 Å². The molecule has 0 unspecified atom stereocenters. The molecule has 0 atom stereocenters. The van der Waals surface area contributed by atoms with Gasteiger partial charge in [-0.3, -0.25) is 4.79 Å². The van der Waals surface area contributed by atoms with Crippen molar-refractivity contribution in [3.63, 3.8) is 0 Å². The molecule has 2 aromatic rings. The molecule has 0 spiro atoms. The summed E-state index contributed by atoms with van der Waals surface area (Å²) in [6.07, 6.45) is 0. The zero-order valence-corrected chi connectivity index (χ0v) is 12.4. The average molecular weight is 377 g/mol. The zero-order valence-electron chi connectivity index (χ0n) is 8.62. The van der Waals surface area contributed by atoms with E-state index in [0.717, 1.165) is 29.2 Å². The molecular weight excluding hydrogens is 369 g/mol. The van der Waals surface area contributed by atoms with Gasteiger partial charge in [0.2, 0.25) is 0 Å². The van der Waals surface area contributed by atoms with Gasteiger partial charge in [0.05, 0.1) is 3.57 Å². The second kappa shape index (κ2) is 4.33. The quantitative estimate of drug-likeness (QED) is 0.694. The van der Waals surface area contributed by atoms with Crippen molar-refractivity contribution in [2.75, 3.05) is 12.3 Å². The molecular formula is C11H8INO2S2. The molecule has 1 aliphatic heterocycles. The number of carbonyl (C=O) groups excluding carboxylic acids is 1. The van der Waals surface area contributed by atoms with Crippen LogP contribution in [0, 0.1) is 3.57 Å². The van der Waals surface area contributed by atoms with E-state index in [9.17, 15) is 9.90 Å². The number of carbonyl (C=O) groups is 1. The van der Waals surface area contributed by atoms with E-state index in [-0.39, 0.29) is 11.7 Å². The smallest absolute Gasteiger partial charge is 0.262 e. The molecule has 2 heterocycles. The lowest BCUT2D eigenvalue weighted by atomic mass is 10.2. The van der Waals surface area contributed by atoms with Crippen LogP contribution in [0.15, 0.2) is 17.0 Å². The first kappa shape index (κ1) is 11.6. The van der Waals surface area contributed by atoms with E-state index in [1.807, 2.05) is 6.07 Å². The molecule has 0 saturated heterocycles. The highest BCUT2D eigenvalue weighted by Crippen LogP contribution is 2.43. The van der Waals surface area contributed by atoms with Crippen LogP contribution in [-0.4, -0.2) is 23.3 Å². The highest BCUT2D eigenvalue weighted by molar-refractivity contribution is 14.1. The Hall–Kier alpha value is -0.470. The van der Waals surface area contributed by atoms with Crippen LogP contribution in [0.3, 0.4) is 0 Å². The number of rotatable bonds is 0. The molecule has 1 aromatic carbocycles. The van der Waals surface area contributed by atoms with Crippen LogP contribution < -0.4 is 5.32 Å². The first-order chi connectivity index (χ1) is 8.18. The normalized spacial score (nSPS) is 15.5. The number of fused-ring (bicyclic) bond motifs is 3.